The van der Waals surface area contributed by atoms with Gasteiger partial charge in [-0.1, -0.05) is 58.4 Å². The van der Waals surface area contributed by atoms with Crippen molar-refractivity contribution in [3.8, 4) is 0 Å². The normalized spacial score (nSPS) is 11.5. The van der Waals surface area contributed by atoms with Gasteiger partial charge in [0.2, 0.25) is 10.0 Å². The predicted molar refractivity (Wildman–Crippen MR) is 92.9 cm³/mol. The van der Waals surface area contributed by atoms with Crippen LogP contribution >= 0.6 is 15.9 Å². The molecule has 0 aliphatic carbocycles. The van der Waals surface area contributed by atoms with E-state index in [2.05, 4.69) is 26.0 Å². The van der Waals surface area contributed by atoms with Crippen LogP contribution in [0.1, 0.15) is 11.1 Å². The van der Waals surface area contributed by atoms with Gasteiger partial charge in [0.25, 0.3) is 0 Å². The molecule has 2 rings (SSSR count). The monoisotopic (exact) mass is 382 g/mol. The summed E-state index contributed by atoms with van der Waals surface area (Å²) in [7, 11) is -3.26. The van der Waals surface area contributed by atoms with Crippen molar-refractivity contribution in [3.05, 3.63) is 70.2 Å². The summed E-state index contributed by atoms with van der Waals surface area (Å²) in [6, 6.07) is 17.4. The van der Waals surface area contributed by atoms with Crippen molar-refractivity contribution in [2.75, 3.05) is 12.3 Å². The topological polar surface area (TPSA) is 58.2 Å². The van der Waals surface area contributed by atoms with Crippen LogP contribution in [-0.2, 0) is 23.1 Å². The van der Waals surface area contributed by atoms with Crippen LogP contribution in [0.2, 0.25) is 0 Å². The summed E-state index contributed by atoms with van der Waals surface area (Å²) < 4.78 is 27.4. The van der Waals surface area contributed by atoms with E-state index in [1.165, 1.54) is 0 Å². The Balaban J connectivity index is 1.71. The van der Waals surface area contributed by atoms with Gasteiger partial charge >= 0.3 is 0 Å². The van der Waals surface area contributed by atoms with Gasteiger partial charge in [-0.3, -0.25) is 0 Å². The van der Waals surface area contributed by atoms with Crippen molar-refractivity contribution in [2.24, 2.45) is 0 Å². The molecule has 22 heavy (non-hydrogen) atoms. The zero-order valence-corrected chi connectivity index (χ0v) is 14.5. The zero-order valence-electron chi connectivity index (χ0n) is 12.1. The Morgan fingerprint density at radius 1 is 0.909 bits per heavy atom. The van der Waals surface area contributed by atoms with Crippen LogP contribution in [0.5, 0.6) is 0 Å². The SMILES string of the molecule is O=S(=O)(CCNCc1cccc(Br)c1)NCc1ccccc1. The first-order chi connectivity index (χ1) is 10.6. The summed E-state index contributed by atoms with van der Waals surface area (Å²) in [5.41, 5.74) is 2.07. The number of halogens is 1. The summed E-state index contributed by atoms with van der Waals surface area (Å²) in [6.07, 6.45) is 0. The first-order valence-electron chi connectivity index (χ1n) is 7.01. The van der Waals surface area contributed by atoms with Crippen LogP contribution < -0.4 is 10.0 Å². The maximum absolute atomic E-state index is 11.9. The Hall–Kier alpha value is -1.21. The van der Waals surface area contributed by atoms with E-state index >= 15 is 0 Å². The highest BCUT2D eigenvalue weighted by atomic mass is 79.9. The van der Waals surface area contributed by atoms with Gasteiger partial charge in [-0.15, -0.1) is 0 Å². The largest absolute Gasteiger partial charge is 0.312 e. The lowest BCUT2D eigenvalue weighted by Gasteiger charge is -2.08. The van der Waals surface area contributed by atoms with Crippen LogP contribution in [0.4, 0.5) is 0 Å². The quantitative estimate of drug-likeness (QED) is 0.690. The molecular weight excluding hydrogens is 364 g/mol. The smallest absolute Gasteiger partial charge is 0.213 e. The molecule has 0 heterocycles. The molecule has 0 amide bonds. The number of sulfonamides is 1. The molecule has 0 spiro atoms. The number of hydrogen-bond acceptors (Lipinski definition) is 3. The fourth-order valence-electron chi connectivity index (χ4n) is 1.95. The zero-order chi connectivity index (χ0) is 15.8. The van der Waals surface area contributed by atoms with Crippen LogP contribution in [0.25, 0.3) is 0 Å². The Kier molecular flexibility index (Phi) is 6.57. The van der Waals surface area contributed by atoms with Crippen molar-refractivity contribution in [3.63, 3.8) is 0 Å². The fraction of sp³-hybridized carbons (Fsp3) is 0.250. The van der Waals surface area contributed by atoms with Crippen molar-refractivity contribution in [1.29, 1.82) is 0 Å². The molecular formula is C16H19BrN2O2S. The Bertz CT molecular complexity index is 690. The van der Waals surface area contributed by atoms with Gasteiger partial charge in [0.15, 0.2) is 0 Å². The van der Waals surface area contributed by atoms with E-state index in [9.17, 15) is 8.42 Å². The molecule has 2 aromatic rings. The highest BCUT2D eigenvalue weighted by Gasteiger charge is 2.09. The van der Waals surface area contributed by atoms with Gasteiger partial charge < -0.3 is 5.32 Å². The second-order valence-corrected chi connectivity index (χ2v) is 7.77. The van der Waals surface area contributed by atoms with Gasteiger partial charge in [0, 0.05) is 24.1 Å². The minimum atomic E-state index is -3.26. The number of rotatable bonds is 8. The fourth-order valence-corrected chi connectivity index (χ4v) is 3.34. The van der Waals surface area contributed by atoms with Gasteiger partial charge in [-0.2, -0.15) is 0 Å². The maximum Gasteiger partial charge on any atom is 0.213 e. The summed E-state index contributed by atoms with van der Waals surface area (Å²) in [5.74, 6) is 0.0633. The van der Waals surface area contributed by atoms with E-state index in [4.69, 9.17) is 0 Å². The molecule has 0 bridgehead atoms. The maximum atomic E-state index is 11.9. The standard InChI is InChI=1S/C16H19BrN2O2S/c17-16-8-4-7-15(11-16)12-18-9-10-22(20,21)19-13-14-5-2-1-3-6-14/h1-8,11,18-19H,9-10,12-13H2. The van der Waals surface area contributed by atoms with Gasteiger partial charge in [0.1, 0.15) is 0 Å². The molecule has 4 nitrogen and oxygen atoms in total. The van der Waals surface area contributed by atoms with Crippen LogP contribution in [0.15, 0.2) is 59.1 Å². The van der Waals surface area contributed by atoms with Gasteiger partial charge in [-0.25, -0.2) is 13.1 Å². The molecule has 118 valence electrons. The Morgan fingerprint density at radius 2 is 1.64 bits per heavy atom. The molecule has 0 saturated heterocycles. The molecule has 2 N–H and O–H groups in total. The van der Waals surface area contributed by atoms with Crippen molar-refractivity contribution in [2.45, 2.75) is 13.1 Å². The highest BCUT2D eigenvalue weighted by molar-refractivity contribution is 9.10. The Morgan fingerprint density at radius 3 is 2.36 bits per heavy atom. The van der Waals surface area contributed by atoms with E-state index < -0.39 is 10.0 Å². The summed E-state index contributed by atoms with van der Waals surface area (Å²) in [6.45, 7) is 1.39. The molecule has 6 heteroatoms. The first kappa shape index (κ1) is 17.1. The van der Waals surface area contributed by atoms with Crippen molar-refractivity contribution < 1.29 is 8.42 Å². The van der Waals surface area contributed by atoms with Gasteiger partial charge in [-0.05, 0) is 23.3 Å². The van der Waals surface area contributed by atoms with Crippen LogP contribution in [0.3, 0.4) is 0 Å². The number of nitrogens with one attached hydrogen (secondary N) is 2. The molecule has 2 aromatic carbocycles. The summed E-state index contributed by atoms with van der Waals surface area (Å²) in [5, 5.41) is 3.14. The van der Waals surface area contributed by atoms with Crippen LogP contribution in [0, 0.1) is 0 Å². The third-order valence-electron chi connectivity index (χ3n) is 3.10. The molecule has 0 aliphatic heterocycles. The van der Waals surface area contributed by atoms with E-state index in [0.29, 0.717) is 19.6 Å². The third-order valence-corrected chi connectivity index (χ3v) is 4.92. The summed E-state index contributed by atoms with van der Waals surface area (Å²) in [4.78, 5) is 0. The van der Waals surface area contributed by atoms with Crippen molar-refractivity contribution in [1.82, 2.24) is 10.0 Å². The lowest BCUT2D eigenvalue weighted by atomic mass is 10.2. The predicted octanol–water partition coefficient (Wildman–Crippen LogP) is 2.66. The molecule has 0 radical (unpaired) electrons. The lowest BCUT2D eigenvalue weighted by Crippen LogP contribution is -2.31. The highest BCUT2D eigenvalue weighted by Crippen LogP contribution is 2.11. The summed E-state index contributed by atoms with van der Waals surface area (Å²) >= 11 is 3.41. The minimum absolute atomic E-state index is 0.0633. The van der Waals surface area contributed by atoms with Crippen LogP contribution in [-0.4, -0.2) is 20.7 Å². The molecule has 0 aliphatic rings. The number of benzene rings is 2. The Labute approximate surface area is 140 Å². The molecule has 0 aromatic heterocycles. The average Bonchev–Trinajstić information content (AvgIpc) is 2.51. The van der Waals surface area contributed by atoms with E-state index in [0.717, 1.165) is 15.6 Å². The minimum Gasteiger partial charge on any atom is -0.312 e. The second-order valence-electron chi connectivity index (χ2n) is 4.93. The van der Waals surface area contributed by atoms with E-state index in [1.807, 2.05) is 54.6 Å². The third kappa shape index (κ3) is 6.27. The molecule has 0 saturated carbocycles. The first-order valence-corrected chi connectivity index (χ1v) is 9.46. The molecule has 0 atom stereocenters. The van der Waals surface area contributed by atoms with E-state index in [1.54, 1.807) is 0 Å². The number of hydrogen-bond donors (Lipinski definition) is 2. The lowest BCUT2D eigenvalue weighted by molar-refractivity contribution is 0.576. The van der Waals surface area contributed by atoms with Gasteiger partial charge in [0.05, 0.1) is 5.75 Å². The van der Waals surface area contributed by atoms with E-state index in [-0.39, 0.29) is 5.75 Å². The average molecular weight is 383 g/mol. The molecule has 0 fully saturated rings. The van der Waals surface area contributed by atoms with Crippen molar-refractivity contribution >= 4 is 26.0 Å². The molecule has 0 unspecified atom stereocenters. The second kappa shape index (κ2) is 8.43.